The number of rotatable bonds is 4. The van der Waals surface area contributed by atoms with Crippen molar-refractivity contribution in [2.24, 2.45) is 0 Å². The van der Waals surface area contributed by atoms with Crippen LogP contribution in [0.4, 0.5) is 11.4 Å². The van der Waals surface area contributed by atoms with Crippen molar-refractivity contribution in [2.45, 2.75) is 6.92 Å². The van der Waals surface area contributed by atoms with E-state index in [0.29, 0.717) is 29.3 Å². The number of carbonyl (C=O) groups is 2. The van der Waals surface area contributed by atoms with Crippen LogP contribution >= 0.6 is 0 Å². The second-order valence-corrected chi connectivity index (χ2v) is 4.96. The first-order valence-electron chi connectivity index (χ1n) is 7.26. The van der Waals surface area contributed by atoms with E-state index in [0.717, 1.165) is 5.75 Å². The van der Waals surface area contributed by atoms with E-state index in [1.54, 1.807) is 42.5 Å². The monoisotopic (exact) mass is 312 g/mol. The van der Waals surface area contributed by atoms with Crippen LogP contribution in [0.15, 0.2) is 42.5 Å². The zero-order chi connectivity index (χ0) is 16.2. The maximum absolute atomic E-state index is 12.2. The molecule has 2 amide bonds. The summed E-state index contributed by atoms with van der Waals surface area (Å²) < 4.78 is 10.6. The second kappa shape index (κ2) is 6.39. The van der Waals surface area contributed by atoms with E-state index in [-0.39, 0.29) is 18.4 Å². The average Bonchev–Trinajstić information content (AvgIpc) is 2.55. The van der Waals surface area contributed by atoms with Gasteiger partial charge in [0.25, 0.3) is 11.8 Å². The molecule has 0 aliphatic carbocycles. The number of benzene rings is 2. The summed E-state index contributed by atoms with van der Waals surface area (Å²) in [6.07, 6.45) is 0. The van der Waals surface area contributed by atoms with Gasteiger partial charge in [0.1, 0.15) is 11.5 Å². The predicted octanol–water partition coefficient (Wildman–Crippen LogP) is 2.67. The molecule has 2 N–H and O–H groups in total. The summed E-state index contributed by atoms with van der Waals surface area (Å²) in [5, 5.41) is 5.49. The van der Waals surface area contributed by atoms with Crippen molar-refractivity contribution in [3.05, 3.63) is 48.0 Å². The van der Waals surface area contributed by atoms with Gasteiger partial charge in [-0.2, -0.15) is 0 Å². The zero-order valence-electron chi connectivity index (χ0n) is 12.6. The molecule has 23 heavy (non-hydrogen) atoms. The smallest absolute Gasteiger partial charge is 0.262 e. The summed E-state index contributed by atoms with van der Waals surface area (Å²) in [5.41, 5.74) is 1.64. The number of fused-ring (bicyclic) bond motifs is 1. The molecule has 0 spiro atoms. The van der Waals surface area contributed by atoms with Gasteiger partial charge in [-0.3, -0.25) is 9.59 Å². The molecule has 1 aliphatic heterocycles. The van der Waals surface area contributed by atoms with Crippen LogP contribution in [0.2, 0.25) is 0 Å². The molecule has 0 unspecified atom stereocenters. The summed E-state index contributed by atoms with van der Waals surface area (Å²) in [7, 11) is 0. The molecule has 2 aromatic carbocycles. The van der Waals surface area contributed by atoms with Crippen LogP contribution < -0.4 is 20.1 Å². The SMILES string of the molecule is CCOc1ccc(C(=O)Nc2ccc3c(c2)NC(=O)CO3)cc1. The van der Waals surface area contributed by atoms with Gasteiger partial charge >= 0.3 is 0 Å². The minimum atomic E-state index is -0.240. The third kappa shape index (κ3) is 3.42. The Bertz CT molecular complexity index is 741. The van der Waals surface area contributed by atoms with Crippen LogP contribution in [0, 0.1) is 0 Å². The number of hydrogen-bond donors (Lipinski definition) is 2. The highest BCUT2D eigenvalue weighted by Gasteiger charge is 2.16. The van der Waals surface area contributed by atoms with Gasteiger partial charge in [0.05, 0.1) is 12.3 Å². The Kier molecular flexibility index (Phi) is 4.14. The predicted molar refractivity (Wildman–Crippen MR) is 86.1 cm³/mol. The fraction of sp³-hybridized carbons (Fsp3) is 0.176. The third-order valence-electron chi connectivity index (χ3n) is 3.30. The van der Waals surface area contributed by atoms with Gasteiger partial charge in [0.15, 0.2) is 6.61 Å². The van der Waals surface area contributed by atoms with Crippen LogP contribution in [0.25, 0.3) is 0 Å². The fourth-order valence-corrected chi connectivity index (χ4v) is 2.23. The first kappa shape index (κ1) is 14.9. The van der Waals surface area contributed by atoms with Gasteiger partial charge in [0.2, 0.25) is 0 Å². The quantitative estimate of drug-likeness (QED) is 0.910. The van der Waals surface area contributed by atoms with E-state index in [1.807, 2.05) is 6.92 Å². The summed E-state index contributed by atoms with van der Waals surface area (Å²) in [4.78, 5) is 23.6. The number of anilines is 2. The lowest BCUT2D eigenvalue weighted by molar-refractivity contribution is -0.118. The number of ether oxygens (including phenoxy) is 2. The van der Waals surface area contributed by atoms with Crippen LogP contribution in [0.5, 0.6) is 11.5 Å². The summed E-state index contributed by atoms with van der Waals surface area (Å²) in [5.74, 6) is 0.852. The highest BCUT2D eigenvalue weighted by atomic mass is 16.5. The average molecular weight is 312 g/mol. The molecule has 0 fully saturated rings. The third-order valence-corrected chi connectivity index (χ3v) is 3.30. The largest absolute Gasteiger partial charge is 0.494 e. The zero-order valence-corrected chi connectivity index (χ0v) is 12.6. The van der Waals surface area contributed by atoms with Crippen LogP contribution in [-0.2, 0) is 4.79 Å². The molecule has 1 heterocycles. The first-order valence-corrected chi connectivity index (χ1v) is 7.26. The van der Waals surface area contributed by atoms with Gasteiger partial charge < -0.3 is 20.1 Å². The lowest BCUT2D eigenvalue weighted by atomic mass is 10.2. The summed E-state index contributed by atoms with van der Waals surface area (Å²) >= 11 is 0. The molecule has 2 aromatic rings. The van der Waals surface area contributed by atoms with Crippen molar-refractivity contribution in [3.63, 3.8) is 0 Å². The molecule has 0 saturated carbocycles. The highest BCUT2D eigenvalue weighted by molar-refractivity contribution is 6.05. The number of carbonyl (C=O) groups excluding carboxylic acids is 2. The van der Waals surface area contributed by atoms with Gasteiger partial charge in [-0.1, -0.05) is 0 Å². The Morgan fingerprint density at radius 3 is 2.78 bits per heavy atom. The Balaban J connectivity index is 1.72. The van der Waals surface area contributed by atoms with E-state index in [9.17, 15) is 9.59 Å². The van der Waals surface area contributed by atoms with Gasteiger partial charge in [-0.15, -0.1) is 0 Å². The molecule has 0 bridgehead atoms. The molecule has 118 valence electrons. The van der Waals surface area contributed by atoms with Crippen LogP contribution in [0.3, 0.4) is 0 Å². The number of nitrogens with one attached hydrogen (secondary N) is 2. The molecule has 0 saturated heterocycles. The van der Waals surface area contributed by atoms with Crippen molar-refractivity contribution in [3.8, 4) is 11.5 Å². The van der Waals surface area contributed by atoms with E-state index in [1.165, 1.54) is 0 Å². The van der Waals surface area contributed by atoms with E-state index in [4.69, 9.17) is 9.47 Å². The number of hydrogen-bond acceptors (Lipinski definition) is 4. The standard InChI is InChI=1S/C17H16N2O4/c1-2-22-13-6-3-11(4-7-13)17(21)18-12-5-8-15-14(9-12)19-16(20)10-23-15/h3-9H,2,10H2,1H3,(H,18,21)(H,19,20). The topological polar surface area (TPSA) is 76.7 Å². The van der Waals surface area contributed by atoms with Crippen molar-refractivity contribution in [1.29, 1.82) is 0 Å². The Morgan fingerprint density at radius 1 is 1.26 bits per heavy atom. The van der Waals surface area contributed by atoms with E-state index >= 15 is 0 Å². The normalized spacial score (nSPS) is 12.7. The van der Waals surface area contributed by atoms with Gasteiger partial charge in [-0.25, -0.2) is 0 Å². The van der Waals surface area contributed by atoms with Crippen molar-refractivity contribution >= 4 is 23.2 Å². The van der Waals surface area contributed by atoms with Crippen LogP contribution in [-0.4, -0.2) is 25.0 Å². The minimum absolute atomic E-state index is 0.00485. The molecule has 3 rings (SSSR count). The number of amides is 2. The van der Waals surface area contributed by atoms with Crippen molar-refractivity contribution in [1.82, 2.24) is 0 Å². The van der Waals surface area contributed by atoms with Crippen molar-refractivity contribution in [2.75, 3.05) is 23.8 Å². The molecule has 6 heteroatoms. The molecule has 0 aromatic heterocycles. The maximum Gasteiger partial charge on any atom is 0.262 e. The van der Waals surface area contributed by atoms with Crippen molar-refractivity contribution < 1.29 is 19.1 Å². The molecular weight excluding hydrogens is 296 g/mol. The summed E-state index contributed by atoms with van der Waals surface area (Å²) in [6.45, 7) is 2.48. The summed E-state index contributed by atoms with van der Waals surface area (Å²) in [6, 6.07) is 12.0. The Hall–Kier alpha value is -3.02. The molecular formula is C17H16N2O4. The lowest BCUT2D eigenvalue weighted by Gasteiger charge is -2.18. The van der Waals surface area contributed by atoms with E-state index < -0.39 is 0 Å². The maximum atomic E-state index is 12.2. The minimum Gasteiger partial charge on any atom is -0.494 e. The molecule has 1 aliphatic rings. The highest BCUT2D eigenvalue weighted by Crippen LogP contribution is 2.30. The van der Waals surface area contributed by atoms with Gasteiger partial charge in [-0.05, 0) is 49.4 Å². The Morgan fingerprint density at radius 2 is 2.04 bits per heavy atom. The first-order chi connectivity index (χ1) is 11.2. The molecule has 0 radical (unpaired) electrons. The Labute approximate surface area is 133 Å². The fourth-order valence-electron chi connectivity index (χ4n) is 2.23. The molecule has 6 nitrogen and oxygen atoms in total. The van der Waals surface area contributed by atoms with E-state index in [2.05, 4.69) is 10.6 Å². The molecule has 0 atom stereocenters. The van der Waals surface area contributed by atoms with Crippen LogP contribution in [0.1, 0.15) is 17.3 Å². The van der Waals surface area contributed by atoms with Gasteiger partial charge in [0, 0.05) is 11.3 Å². The lowest BCUT2D eigenvalue weighted by Crippen LogP contribution is -2.25. The second-order valence-electron chi connectivity index (χ2n) is 4.96.